The van der Waals surface area contributed by atoms with Crippen molar-refractivity contribution in [1.82, 2.24) is 0 Å². The van der Waals surface area contributed by atoms with Gasteiger partial charge in [-0.1, -0.05) is 30.3 Å². The fourth-order valence-electron chi connectivity index (χ4n) is 1.24. The Balaban J connectivity index is 2.93. The van der Waals surface area contributed by atoms with Crippen LogP contribution in [0, 0.1) is 0 Å². The summed E-state index contributed by atoms with van der Waals surface area (Å²) in [4.78, 5) is 0. The minimum Gasteiger partial charge on any atom is -0.383 e. The van der Waals surface area contributed by atoms with Gasteiger partial charge in [0.1, 0.15) is 5.60 Å². The Hall–Kier alpha value is -0.860. The molecule has 0 aliphatic rings. The van der Waals surface area contributed by atoms with Crippen molar-refractivity contribution in [2.24, 2.45) is 0 Å². The summed E-state index contributed by atoms with van der Waals surface area (Å²) in [6.45, 7) is 3.61. The van der Waals surface area contributed by atoms with Crippen LogP contribution in [0.1, 0.15) is 19.4 Å². The number of rotatable bonds is 3. The van der Waals surface area contributed by atoms with Gasteiger partial charge in [-0.25, -0.2) is 0 Å². The summed E-state index contributed by atoms with van der Waals surface area (Å²) in [7, 11) is 1.60. The van der Waals surface area contributed by atoms with Gasteiger partial charge in [0.2, 0.25) is 0 Å². The molecule has 0 heterocycles. The summed E-state index contributed by atoms with van der Waals surface area (Å²) in [5.41, 5.74) is -0.0416. The molecule has 2 atom stereocenters. The van der Waals surface area contributed by atoms with E-state index in [1.807, 2.05) is 37.3 Å². The highest BCUT2D eigenvalue weighted by molar-refractivity contribution is 5.22. The number of aliphatic hydroxyl groups is 1. The molecule has 2 heteroatoms. The molecule has 72 valence electrons. The largest absolute Gasteiger partial charge is 0.383 e. The molecule has 2 nitrogen and oxygen atoms in total. The van der Waals surface area contributed by atoms with Crippen LogP contribution in [0.3, 0.4) is 0 Å². The van der Waals surface area contributed by atoms with Crippen molar-refractivity contribution in [3.63, 3.8) is 0 Å². The highest BCUT2D eigenvalue weighted by atomic mass is 16.5. The third-order valence-corrected chi connectivity index (χ3v) is 2.50. The highest BCUT2D eigenvalue weighted by Crippen LogP contribution is 2.25. The van der Waals surface area contributed by atoms with Crippen LogP contribution >= 0.6 is 0 Å². The third-order valence-electron chi connectivity index (χ3n) is 2.50. The van der Waals surface area contributed by atoms with Crippen LogP contribution in [0.25, 0.3) is 0 Å². The van der Waals surface area contributed by atoms with E-state index in [-0.39, 0.29) is 6.10 Å². The predicted molar refractivity (Wildman–Crippen MR) is 52.5 cm³/mol. The lowest BCUT2D eigenvalue weighted by Gasteiger charge is -2.29. The summed E-state index contributed by atoms with van der Waals surface area (Å²) in [6.07, 6.45) is -0.213. The zero-order chi connectivity index (χ0) is 9.90. The first-order chi connectivity index (χ1) is 6.09. The average Bonchev–Trinajstić information content (AvgIpc) is 2.18. The lowest BCUT2D eigenvalue weighted by molar-refractivity contribution is -0.0771. The van der Waals surface area contributed by atoms with Crippen molar-refractivity contribution < 1.29 is 9.84 Å². The smallest absolute Gasteiger partial charge is 0.113 e. The molecule has 1 N–H and O–H groups in total. The molecule has 0 aliphatic carbocycles. The number of ether oxygens (including phenoxy) is 1. The van der Waals surface area contributed by atoms with Gasteiger partial charge in [-0.15, -0.1) is 0 Å². The van der Waals surface area contributed by atoms with E-state index >= 15 is 0 Å². The second-order valence-electron chi connectivity index (χ2n) is 3.39. The maximum atomic E-state index is 10.1. The minimum atomic E-state index is -0.921. The van der Waals surface area contributed by atoms with E-state index in [4.69, 9.17) is 4.74 Å². The summed E-state index contributed by atoms with van der Waals surface area (Å²) < 4.78 is 5.12. The van der Waals surface area contributed by atoms with Gasteiger partial charge in [0, 0.05) is 7.11 Å². The Labute approximate surface area is 79.2 Å². The third kappa shape index (κ3) is 2.08. The molecular formula is C11H16O2. The maximum Gasteiger partial charge on any atom is 0.113 e. The van der Waals surface area contributed by atoms with E-state index in [9.17, 15) is 5.11 Å². The van der Waals surface area contributed by atoms with E-state index < -0.39 is 5.60 Å². The molecule has 13 heavy (non-hydrogen) atoms. The Bertz CT molecular complexity index is 254. The van der Waals surface area contributed by atoms with Crippen LogP contribution in [0.15, 0.2) is 30.3 Å². The van der Waals surface area contributed by atoms with E-state index in [0.29, 0.717) is 0 Å². The summed E-state index contributed by atoms with van der Waals surface area (Å²) in [5, 5.41) is 10.1. The Morgan fingerprint density at radius 1 is 1.31 bits per heavy atom. The molecule has 1 aromatic carbocycles. The van der Waals surface area contributed by atoms with Crippen LogP contribution in [0.2, 0.25) is 0 Å². The molecule has 0 amide bonds. The molecule has 0 aromatic heterocycles. The molecule has 0 spiro atoms. The zero-order valence-electron chi connectivity index (χ0n) is 8.32. The van der Waals surface area contributed by atoms with Crippen LogP contribution in [-0.2, 0) is 10.3 Å². The molecule has 1 aromatic rings. The second-order valence-corrected chi connectivity index (χ2v) is 3.39. The van der Waals surface area contributed by atoms with Crippen molar-refractivity contribution in [3.05, 3.63) is 35.9 Å². The lowest BCUT2D eigenvalue weighted by atomic mass is 9.91. The topological polar surface area (TPSA) is 29.5 Å². The van der Waals surface area contributed by atoms with E-state index in [1.165, 1.54) is 0 Å². The first-order valence-electron chi connectivity index (χ1n) is 4.39. The first kappa shape index (κ1) is 10.2. The molecular weight excluding hydrogens is 164 g/mol. The molecule has 1 rings (SSSR count). The SMILES string of the molecule is COC(C)C(C)(O)c1ccccc1. The number of methoxy groups -OCH3 is 1. The fraction of sp³-hybridized carbons (Fsp3) is 0.455. The average molecular weight is 180 g/mol. The standard InChI is InChI=1S/C11H16O2/c1-9(13-3)11(2,12)10-7-5-4-6-8-10/h4-9,12H,1-3H3. The van der Waals surface area contributed by atoms with E-state index in [1.54, 1.807) is 14.0 Å². The normalized spacial score (nSPS) is 17.8. The lowest BCUT2D eigenvalue weighted by Crippen LogP contribution is -2.35. The first-order valence-corrected chi connectivity index (χ1v) is 4.39. The van der Waals surface area contributed by atoms with Crippen molar-refractivity contribution in [3.8, 4) is 0 Å². The Morgan fingerprint density at radius 2 is 1.85 bits per heavy atom. The van der Waals surface area contributed by atoms with Crippen LogP contribution in [0.4, 0.5) is 0 Å². The van der Waals surface area contributed by atoms with E-state index in [2.05, 4.69) is 0 Å². The Kier molecular flexibility index (Phi) is 3.07. The maximum absolute atomic E-state index is 10.1. The van der Waals surface area contributed by atoms with Gasteiger partial charge in [0.05, 0.1) is 6.10 Å². The quantitative estimate of drug-likeness (QED) is 0.770. The fourth-order valence-corrected chi connectivity index (χ4v) is 1.24. The van der Waals surface area contributed by atoms with Crippen LogP contribution < -0.4 is 0 Å². The Morgan fingerprint density at radius 3 is 2.31 bits per heavy atom. The highest BCUT2D eigenvalue weighted by Gasteiger charge is 2.29. The second kappa shape index (κ2) is 3.90. The van der Waals surface area contributed by atoms with Gasteiger partial charge < -0.3 is 9.84 Å². The van der Waals surface area contributed by atoms with Crippen LogP contribution in [-0.4, -0.2) is 18.3 Å². The van der Waals surface area contributed by atoms with Gasteiger partial charge >= 0.3 is 0 Å². The van der Waals surface area contributed by atoms with Gasteiger partial charge in [-0.05, 0) is 19.4 Å². The van der Waals surface area contributed by atoms with Crippen molar-refractivity contribution in [2.75, 3.05) is 7.11 Å². The minimum absolute atomic E-state index is 0.213. The monoisotopic (exact) mass is 180 g/mol. The molecule has 0 aliphatic heterocycles. The van der Waals surface area contributed by atoms with Gasteiger partial charge in [0.15, 0.2) is 0 Å². The summed E-state index contributed by atoms with van der Waals surface area (Å²) in [6, 6.07) is 9.54. The summed E-state index contributed by atoms with van der Waals surface area (Å²) in [5.74, 6) is 0. The van der Waals surface area contributed by atoms with E-state index in [0.717, 1.165) is 5.56 Å². The molecule has 2 unspecified atom stereocenters. The molecule has 0 fully saturated rings. The van der Waals surface area contributed by atoms with Gasteiger partial charge in [-0.3, -0.25) is 0 Å². The van der Waals surface area contributed by atoms with Crippen molar-refractivity contribution in [1.29, 1.82) is 0 Å². The number of benzene rings is 1. The van der Waals surface area contributed by atoms with Gasteiger partial charge in [0.25, 0.3) is 0 Å². The molecule has 0 saturated heterocycles. The zero-order valence-corrected chi connectivity index (χ0v) is 8.32. The molecule has 0 bridgehead atoms. The molecule has 0 saturated carbocycles. The number of hydrogen-bond donors (Lipinski definition) is 1. The van der Waals surface area contributed by atoms with Gasteiger partial charge in [-0.2, -0.15) is 0 Å². The molecule has 0 radical (unpaired) electrons. The predicted octanol–water partition coefficient (Wildman–Crippen LogP) is 1.93. The summed E-state index contributed by atoms with van der Waals surface area (Å²) >= 11 is 0. The number of hydrogen-bond acceptors (Lipinski definition) is 2. The van der Waals surface area contributed by atoms with Crippen molar-refractivity contribution >= 4 is 0 Å². The van der Waals surface area contributed by atoms with Crippen molar-refractivity contribution in [2.45, 2.75) is 25.6 Å². The van der Waals surface area contributed by atoms with Crippen LogP contribution in [0.5, 0.6) is 0 Å².